The topological polar surface area (TPSA) is 29.9 Å². The maximum Gasteiger partial charge on any atom is 0.0950 e. The van der Waals surface area contributed by atoms with Crippen LogP contribution in [0.3, 0.4) is 0 Å². The van der Waals surface area contributed by atoms with Gasteiger partial charge in [-0.1, -0.05) is 6.92 Å². The first-order chi connectivity index (χ1) is 7.92. The lowest BCUT2D eigenvalue weighted by Gasteiger charge is -2.06. The zero-order valence-corrected chi connectivity index (χ0v) is 10.3. The van der Waals surface area contributed by atoms with Gasteiger partial charge in [0, 0.05) is 17.9 Å². The van der Waals surface area contributed by atoms with Gasteiger partial charge in [-0.15, -0.1) is 0 Å². The second-order valence-corrected chi connectivity index (χ2v) is 4.73. The Bertz CT molecular complexity index is 302. The number of aryl methyl sites for hydroxylation is 1. The highest BCUT2D eigenvalue weighted by molar-refractivity contribution is 5.03. The van der Waals surface area contributed by atoms with E-state index in [1.165, 1.54) is 44.2 Å². The van der Waals surface area contributed by atoms with Gasteiger partial charge in [0.15, 0.2) is 0 Å². The Morgan fingerprint density at radius 2 is 2.25 bits per heavy atom. The predicted molar refractivity (Wildman–Crippen MR) is 66.6 cm³/mol. The molecule has 0 radical (unpaired) electrons. The molecular formula is C13H23N3. The van der Waals surface area contributed by atoms with Crippen molar-refractivity contribution in [2.45, 2.75) is 51.5 Å². The van der Waals surface area contributed by atoms with E-state index in [4.69, 9.17) is 0 Å². The highest BCUT2D eigenvalue weighted by Gasteiger charge is 2.24. The van der Waals surface area contributed by atoms with Crippen LogP contribution in [0.15, 0.2) is 12.5 Å². The maximum absolute atomic E-state index is 4.26. The second-order valence-electron chi connectivity index (χ2n) is 4.73. The summed E-state index contributed by atoms with van der Waals surface area (Å²) in [5.74, 6) is 0. The number of nitrogens with zero attached hydrogens (tertiary/aromatic N) is 2. The molecule has 3 nitrogen and oxygen atoms in total. The van der Waals surface area contributed by atoms with Crippen LogP contribution in [-0.4, -0.2) is 22.6 Å². The number of aromatic nitrogens is 2. The van der Waals surface area contributed by atoms with Crippen molar-refractivity contribution < 1.29 is 0 Å². The molecule has 3 heteroatoms. The van der Waals surface area contributed by atoms with E-state index in [1.54, 1.807) is 0 Å². The second kappa shape index (κ2) is 6.04. The summed E-state index contributed by atoms with van der Waals surface area (Å²) >= 11 is 0. The summed E-state index contributed by atoms with van der Waals surface area (Å²) in [7, 11) is 0. The Balaban J connectivity index is 1.63. The van der Waals surface area contributed by atoms with Crippen molar-refractivity contribution in [2.75, 3.05) is 13.1 Å². The molecule has 90 valence electrons. The molecule has 0 aromatic carbocycles. The van der Waals surface area contributed by atoms with Crippen LogP contribution in [0.5, 0.6) is 0 Å². The van der Waals surface area contributed by atoms with Crippen molar-refractivity contribution in [3.05, 3.63) is 18.2 Å². The third-order valence-electron chi connectivity index (χ3n) is 3.15. The third kappa shape index (κ3) is 3.34. The van der Waals surface area contributed by atoms with Gasteiger partial charge in [0.05, 0.1) is 6.33 Å². The molecule has 1 heterocycles. The van der Waals surface area contributed by atoms with E-state index in [-0.39, 0.29) is 0 Å². The van der Waals surface area contributed by atoms with Crippen molar-refractivity contribution in [1.29, 1.82) is 0 Å². The van der Waals surface area contributed by atoms with Crippen LogP contribution in [0.2, 0.25) is 0 Å². The van der Waals surface area contributed by atoms with Crippen molar-refractivity contribution in [3.63, 3.8) is 0 Å². The molecule has 1 aromatic rings. The van der Waals surface area contributed by atoms with E-state index < -0.39 is 0 Å². The average Bonchev–Trinajstić information content (AvgIpc) is 3.04. The summed E-state index contributed by atoms with van der Waals surface area (Å²) in [5.41, 5.74) is 1.43. The van der Waals surface area contributed by atoms with Gasteiger partial charge in [-0.25, -0.2) is 4.98 Å². The molecule has 0 unspecified atom stereocenters. The Kier molecular flexibility index (Phi) is 4.40. The third-order valence-corrected chi connectivity index (χ3v) is 3.15. The average molecular weight is 221 g/mol. The Morgan fingerprint density at radius 3 is 3.00 bits per heavy atom. The molecule has 2 rings (SSSR count). The van der Waals surface area contributed by atoms with Gasteiger partial charge in [-0.2, -0.15) is 0 Å². The van der Waals surface area contributed by atoms with Crippen LogP contribution in [0.4, 0.5) is 0 Å². The molecule has 0 saturated heterocycles. The summed E-state index contributed by atoms with van der Waals surface area (Å²) in [5, 5.41) is 3.44. The summed E-state index contributed by atoms with van der Waals surface area (Å²) in [6, 6.07) is 0.774. The highest BCUT2D eigenvalue weighted by Crippen LogP contribution is 2.35. The zero-order valence-electron chi connectivity index (χ0n) is 10.3. The first-order valence-electron chi connectivity index (χ1n) is 6.63. The van der Waals surface area contributed by atoms with E-state index >= 15 is 0 Å². The lowest BCUT2D eigenvalue weighted by Crippen LogP contribution is -2.16. The fourth-order valence-electron chi connectivity index (χ4n) is 2.07. The van der Waals surface area contributed by atoms with Gasteiger partial charge >= 0.3 is 0 Å². The Hall–Kier alpha value is -0.830. The van der Waals surface area contributed by atoms with E-state index in [0.29, 0.717) is 0 Å². The molecule has 1 aromatic heterocycles. The monoisotopic (exact) mass is 221 g/mol. The van der Waals surface area contributed by atoms with E-state index in [1.807, 2.05) is 12.5 Å². The van der Waals surface area contributed by atoms with Crippen LogP contribution < -0.4 is 5.32 Å². The molecule has 1 N–H and O–H groups in total. The minimum Gasteiger partial charge on any atom is -0.332 e. The number of unbranched alkanes of at least 4 members (excludes halogenated alkanes) is 1. The number of nitrogens with one attached hydrogen (secondary N) is 1. The lowest BCUT2D eigenvalue weighted by molar-refractivity contribution is 0.600. The number of hydrogen-bond donors (Lipinski definition) is 1. The summed E-state index contributed by atoms with van der Waals surface area (Å²) in [4.78, 5) is 4.26. The van der Waals surface area contributed by atoms with E-state index in [0.717, 1.165) is 19.1 Å². The highest BCUT2D eigenvalue weighted by atomic mass is 15.1. The van der Waals surface area contributed by atoms with Crippen molar-refractivity contribution in [2.24, 2.45) is 0 Å². The normalized spacial score (nSPS) is 15.6. The summed E-state index contributed by atoms with van der Waals surface area (Å²) in [6.45, 7) is 4.52. The SMILES string of the molecule is CCCNCCCCc1cncn1C1CC1. The van der Waals surface area contributed by atoms with Crippen LogP contribution in [0.1, 0.15) is 50.8 Å². The van der Waals surface area contributed by atoms with Crippen molar-refractivity contribution >= 4 is 0 Å². The lowest BCUT2D eigenvalue weighted by atomic mass is 10.2. The van der Waals surface area contributed by atoms with Crippen LogP contribution >= 0.6 is 0 Å². The summed E-state index contributed by atoms with van der Waals surface area (Å²) < 4.78 is 2.37. The smallest absolute Gasteiger partial charge is 0.0950 e. The van der Waals surface area contributed by atoms with Gasteiger partial charge < -0.3 is 9.88 Å². The molecule has 0 amide bonds. The molecule has 1 aliphatic rings. The summed E-state index contributed by atoms with van der Waals surface area (Å²) in [6.07, 6.45) is 11.7. The number of hydrogen-bond acceptors (Lipinski definition) is 2. The fourth-order valence-corrected chi connectivity index (χ4v) is 2.07. The van der Waals surface area contributed by atoms with Crippen LogP contribution in [-0.2, 0) is 6.42 Å². The Labute approximate surface area is 98.3 Å². The van der Waals surface area contributed by atoms with Gasteiger partial charge in [-0.05, 0) is 51.6 Å². The van der Waals surface area contributed by atoms with E-state index in [9.17, 15) is 0 Å². The van der Waals surface area contributed by atoms with Gasteiger partial charge in [0.2, 0.25) is 0 Å². The molecule has 0 bridgehead atoms. The van der Waals surface area contributed by atoms with Gasteiger partial charge in [0.1, 0.15) is 0 Å². The minimum atomic E-state index is 0.774. The molecular weight excluding hydrogens is 198 g/mol. The number of rotatable bonds is 8. The largest absolute Gasteiger partial charge is 0.332 e. The molecule has 1 fully saturated rings. The molecule has 1 saturated carbocycles. The minimum absolute atomic E-state index is 0.774. The Morgan fingerprint density at radius 1 is 1.38 bits per heavy atom. The molecule has 0 aliphatic heterocycles. The predicted octanol–water partition coefficient (Wildman–Crippen LogP) is 2.54. The van der Waals surface area contributed by atoms with Crippen molar-refractivity contribution in [1.82, 2.24) is 14.9 Å². The van der Waals surface area contributed by atoms with Gasteiger partial charge in [0.25, 0.3) is 0 Å². The number of imidazole rings is 1. The fraction of sp³-hybridized carbons (Fsp3) is 0.769. The van der Waals surface area contributed by atoms with E-state index in [2.05, 4.69) is 21.8 Å². The molecule has 0 spiro atoms. The maximum atomic E-state index is 4.26. The molecule has 0 atom stereocenters. The zero-order chi connectivity index (χ0) is 11.2. The van der Waals surface area contributed by atoms with Crippen LogP contribution in [0.25, 0.3) is 0 Å². The first kappa shape index (κ1) is 11.6. The standard InChI is InChI=1S/C13H23N3/c1-2-8-14-9-4-3-5-13-10-15-11-16(13)12-6-7-12/h10-12,14H,2-9H2,1H3. The molecule has 1 aliphatic carbocycles. The first-order valence-corrected chi connectivity index (χ1v) is 6.63. The van der Waals surface area contributed by atoms with Crippen LogP contribution in [0, 0.1) is 0 Å². The molecule has 16 heavy (non-hydrogen) atoms. The van der Waals surface area contributed by atoms with Gasteiger partial charge in [-0.3, -0.25) is 0 Å². The van der Waals surface area contributed by atoms with Crippen molar-refractivity contribution in [3.8, 4) is 0 Å². The quantitative estimate of drug-likeness (QED) is 0.684.